The van der Waals surface area contributed by atoms with Crippen LogP contribution in [0.25, 0.3) is 0 Å². The van der Waals surface area contributed by atoms with Gasteiger partial charge in [-0.25, -0.2) is 13.1 Å². The van der Waals surface area contributed by atoms with E-state index in [1.807, 2.05) is 0 Å². The molecule has 0 aliphatic rings. The molecule has 0 aromatic rings. The Morgan fingerprint density at radius 2 is 2.08 bits per heavy atom. The molecule has 0 rings (SSSR count). The quantitative estimate of drug-likeness (QED) is 0.488. The molecule has 0 fully saturated rings. The minimum Gasteiger partial charge on any atom is -0.392 e. The fourth-order valence-electron chi connectivity index (χ4n) is 0.706. The van der Waals surface area contributed by atoms with E-state index >= 15 is 0 Å². The molecule has 0 saturated carbocycles. The minimum atomic E-state index is -3.22. The van der Waals surface area contributed by atoms with Crippen LogP contribution in [0.4, 0.5) is 0 Å². The average Bonchev–Trinajstić information content (AvgIpc) is 2.02. The molecule has 6 heteroatoms. The Bertz CT molecular complexity index is 216. The molecular formula is C7H16ClNO3S. The number of aliphatic hydroxyl groups is 1. The Hall–Kier alpha value is 0.160. The maximum absolute atomic E-state index is 11.1. The van der Waals surface area contributed by atoms with E-state index in [1.165, 1.54) is 6.92 Å². The summed E-state index contributed by atoms with van der Waals surface area (Å²) in [6.45, 7) is 1.60. The summed E-state index contributed by atoms with van der Waals surface area (Å²) in [6, 6.07) is 0. The molecule has 0 aromatic carbocycles. The van der Waals surface area contributed by atoms with Crippen molar-refractivity contribution in [1.29, 1.82) is 0 Å². The first kappa shape index (κ1) is 13.2. The number of aliphatic hydroxyl groups excluding tert-OH is 1. The molecule has 0 aromatic heterocycles. The van der Waals surface area contributed by atoms with Crippen molar-refractivity contribution < 1.29 is 13.5 Å². The van der Waals surface area contributed by atoms with Crippen LogP contribution >= 0.6 is 11.6 Å². The van der Waals surface area contributed by atoms with E-state index in [9.17, 15) is 8.42 Å². The van der Waals surface area contributed by atoms with Gasteiger partial charge < -0.3 is 5.11 Å². The zero-order valence-corrected chi connectivity index (χ0v) is 9.24. The number of halogens is 1. The number of alkyl halides is 1. The third kappa shape index (κ3) is 8.49. The molecule has 0 aliphatic heterocycles. The van der Waals surface area contributed by atoms with Gasteiger partial charge in [-0.15, -0.1) is 11.6 Å². The van der Waals surface area contributed by atoms with Crippen molar-refractivity contribution in [2.24, 2.45) is 0 Å². The lowest BCUT2D eigenvalue weighted by atomic mass is 10.4. The van der Waals surface area contributed by atoms with Gasteiger partial charge in [-0.1, -0.05) is 0 Å². The molecule has 13 heavy (non-hydrogen) atoms. The van der Waals surface area contributed by atoms with E-state index in [0.717, 1.165) is 0 Å². The second kappa shape index (κ2) is 6.59. The number of hydrogen-bond acceptors (Lipinski definition) is 3. The van der Waals surface area contributed by atoms with E-state index in [1.54, 1.807) is 0 Å². The molecule has 0 heterocycles. The van der Waals surface area contributed by atoms with Gasteiger partial charge in [0.05, 0.1) is 11.9 Å². The summed E-state index contributed by atoms with van der Waals surface area (Å²) in [4.78, 5) is 0. The van der Waals surface area contributed by atoms with Crippen molar-refractivity contribution in [3.63, 3.8) is 0 Å². The third-order valence-electron chi connectivity index (χ3n) is 1.40. The molecule has 80 valence electrons. The highest BCUT2D eigenvalue weighted by Crippen LogP contribution is 1.96. The summed E-state index contributed by atoms with van der Waals surface area (Å²) in [7, 11) is -3.22. The fourth-order valence-corrected chi connectivity index (χ4v) is 2.12. The molecule has 0 bridgehead atoms. The summed E-state index contributed by atoms with van der Waals surface area (Å²) in [5, 5.41) is 8.84. The molecule has 0 saturated heterocycles. The SMILES string of the molecule is C[C@@H](O)CNS(=O)(=O)CCCCCl. The van der Waals surface area contributed by atoms with E-state index in [4.69, 9.17) is 16.7 Å². The second-order valence-corrected chi connectivity index (χ2v) is 5.22. The number of sulfonamides is 1. The smallest absolute Gasteiger partial charge is 0.211 e. The predicted octanol–water partition coefficient (Wildman–Crippen LogP) is 0.306. The number of unbranched alkanes of at least 4 members (excludes halogenated alkanes) is 1. The van der Waals surface area contributed by atoms with Crippen LogP contribution in [-0.4, -0.2) is 37.8 Å². The lowest BCUT2D eigenvalue weighted by Crippen LogP contribution is -2.32. The average molecular weight is 230 g/mol. The first-order chi connectivity index (χ1) is 5.98. The van der Waals surface area contributed by atoms with E-state index < -0.39 is 16.1 Å². The van der Waals surface area contributed by atoms with Gasteiger partial charge in [-0.2, -0.15) is 0 Å². The monoisotopic (exact) mass is 229 g/mol. The van der Waals surface area contributed by atoms with E-state index in [0.29, 0.717) is 18.7 Å². The lowest BCUT2D eigenvalue weighted by Gasteiger charge is -2.07. The summed E-state index contributed by atoms with van der Waals surface area (Å²) in [6.07, 6.45) is 0.596. The maximum Gasteiger partial charge on any atom is 0.211 e. The Balaban J connectivity index is 3.68. The highest BCUT2D eigenvalue weighted by molar-refractivity contribution is 7.89. The Labute approximate surface area is 84.3 Å². The first-order valence-electron chi connectivity index (χ1n) is 4.19. The molecule has 2 N–H and O–H groups in total. The van der Waals surface area contributed by atoms with E-state index in [-0.39, 0.29) is 12.3 Å². The summed E-state index contributed by atoms with van der Waals surface area (Å²) < 4.78 is 24.6. The van der Waals surface area contributed by atoms with Crippen molar-refractivity contribution in [2.45, 2.75) is 25.9 Å². The Morgan fingerprint density at radius 3 is 2.54 bits per heavy atom. The molecule has 0 radical (unpaired) electrons. The summed E-state index contributed by atoms with van der Waals surface area (Å²) >= 11 is 5.40. The van der Waals surface area contributed by atoms with Crippen LogP contribution in [0, 0.1) is 0 Å². The third-order valence-corrected chi connectivity index (χ3v) is 3.10. The van der Waals surface area contributed by atoms with Gasteiger partial charge in [-0.3, -0.25) is 0 Å². The van der Waals surface area contributed by atoms with Gasteiger partial charge in [0.15, 0.2) is 0 Å². The Morgan fingerprint density at radius 1 is 1.46 bits per heavy atom. The summed E-state index contributed by atoms with van der Waals surface area (Å²) in [5.41, 5.74) is 0. The largest absolute Gasteiger partial charge is 0.392 e. The molecule has 0 unspecified atom stereocenters. The fraction of sp³-hybridized carbons (Fsp3) is 1.00. The standard InChI is InChI=1S/C7H16ClNO3S/c1-7(10)6-9-13(11,12)5-3-2-4-8/h7,9-10H,2-6H2,1H3/t7-/m1/s1. The zero-order valence-electron chi connectivity index (χ0n) is 7.66. The van der Waals surface area contributed by atoms with Gasteiger partial charge in [0, 0.05) is 12.4 Å². The van der Waals surface area contributed by atoms with Crippen molar-refractivity contribution >= 4 is 21.6 Å². The van der Waals surface area contributed by atoms with Crippen LogP contribution < -0.4 is 4.72 Å². The maximum atomic E-state index is 11.1. The molecule has 0 amide bonds. The van der Waals surface area contributed by atoms with Gasteiger partial charge in [0.2, 0.25) is 10.0 Å². The van der Waals surface area contributed by atoms with Crippen LogP contribution in [0.3, 0.4) is 0 Å². The van der Waals surface area contributed by atoms with Gasteiger partial charge >= 0.3 is 0 Å². The van der Waals surface area contributed by atoms with Crippen molar-refractivity contribution in [3.8, 4) is 0 Å². The molecule has 0 spiro atoms. The minimum absolute atomic E-state index is 0.0726. The van der Waals surface area contributed by atoms with Crippen LogP contribution in [0.5, 0.6) is 0 Å². The van der Waals surface area contributed by atoms with Crippen molar-refractivity contribution in [1.82, 2.24) is 4.72 Å². The number of rotatable bonds is 7. The highest BCUT2D eigenvalue weighted by atomic mass is 35.5. The highest BCUT2D eigenvalue weighted by Gasteiger charge is 2.09. The first-order valence-corrected chi connectivity index (χ1v) is 6.38. The second-order valence-electron chi connectivity index (χ2n) is 2.91. The van der Waals surface area contributed by atoms with Crippen molar-refractivity contribution in [2.75, 3.05) is 18.2 Å². The van der Waals surface area contributed by atoms with Gasteiger partial charge in [0.25, 0.3) is 0 Å². The Kier molecular flexibility index (Phi) is 6.67. The van der Waals surface area contributed by atoms with Crippen LogP contribution in [0.1, 0.15) is 19.8 Å². The summed E-state index contributed by atoms with van der Waals surface area (Å²) in [5.74, 6) is 0.554. The number of hydrogen-bond donors (Lipinski definition) is 2. The molecular weight excluding hydrogens is 214 g/mol. The molecule has 4 nitrogen and oxygen atoms in total. The van der Waals surface area contributed by atoms with E-state index in [2.05, 4.69) is 4.72 Å². The number of nitrogens with one attached hydrogen (secondary N) is 1. The molecule has 0 aliphatic carbocycles. The predicted molar refractivity (Wildman–Crippen MR) is 53.4 cm³/mol. The normalized spacial score (nSPS) is 14.4. The molecule has 1 atom stereocenters. The van der Waals surface area contributed by atoms with Crippen LogP contribution in [0.15, 0.2) is 0 Å². The van der Waals surface area contributed by atoms with Gasteiger partial charge in [-0.05, 0) is 19.8 Å². The van der Waals surface area contributed by atoms with Gasteiger partial charge in [0.1, 0.15) is 0 Å². The van der Waals surface area contributed by atoms with Crippen LogP contribution in [0.2, 0.25) is 0 Å². The zero-order chi connectivity index (χ0) is 10.3. The van der Waals surface area contributed by atoms with Crippen molar-refractivity contribution in [3.05, 3.63) is 0 Å². The van der Waals surface area contributed by atoms with Crippen LogP contribution in [-0.2, 0) is 10.0 Å². The topological polar surface area (TPSA) is 66.4 Å². The lowest BCUT2D eigenvalue weighted by molar-refractivity contribution is 0.198.